The van der Waals surface area contributed by atoms with Crippen molar-refractivity contribution in [1.82, 2.24) is 4.98 Å². The third-order valence-electron chi connectivity index (χ3n) is 4.79. The van der Waals surface area contributed by atoms with Gasteiger partial charge < -0.3 is 10.2 Å². The minimum absolute atomic E-state index is 0.142. The molecule has 1 aromatic heterocycles. The summed E-state index contributed by atoms with van der Waals surface area (Å²) < 4.78 is 1.13. The molecule has 27 heavy (non-hydrogen) atoms. The Morgan fingerprint density at radius 1 is 1.00 bits per heavy atom. The zero-order chi connectivity index (χ0) is 18.5. The molecule has 2 heterocycles. The van der Waals surface area contributed by atoms with Crippen molar-refractivity contribution in [3.63, 3.8) is 0 Å². The van der Waals surface area contributed by atoms with Gasteiger partial charge in [0.15, 0.2) is 0 Å². The minimum atomic E-state index is -0.142. The van der Waals surface area contributed by atoms with E-state index in [0.29, 0.717) is 0 Å². The fourth-order valence-corrected chi connectivity index (χ4v) is 4.25. The van der Waals surface area contributed by atoms with Gasteiger partial charge >= 0.3 is 0 Å². The lowest BCUT2D eigenvalue weighted by molar-refractivity contribution is -0.111. The van der Waals surface area contributed by atoms with Gasteiger partial charge in [-0.2, -0.15) is 0 Å². The van der Waals surface area contributed by atoms with Crippen LogP contribution in [0, 0.1) is 0 Å². The second-order valence-electron chi connectivity index (χ2n) is 6.79. The maximum Gasteiger partial charge on any atom is 0.248 e. The van der Waals surface area contributed by atoms with Crippen LogP contribution in [0.4, 0.5) is 11.4 Å². The van der Waals surface area contributed by atoms with E-state index in [-0.39, 0.29) is 5.91 Å². The highest BCUT2D eigenvalue weighted by Crippen LogP contribution is 2.23. The van der Waals surface area contributed by atoms with Crippen LogP contribution in [0.15, 0.2) is 54.6 Å². The van der Waals surface area contributed by atoms with Gasteiger partial charge in [0.05, 0.1) is 10.2 Å². The number of para-hydroxylation sites is 1. The lowest BCUT2D eigenvalue weighted by Gasteiger charge is -2.22. The van der Waals surface area contributed by atoms with E-state index in [2.05, 4.69) is 27.3 Å². The van der Waals surface area contributed by atoms with Crippen molar-refractivity contribution in [2.75, 3.05) is 23.3 Å². The number of benzene rings is 2. The van der Waals surface area contributed by atoms with Crippen LogP contribution >= 0.6 is 11.3 Å². The van der Waals surface area contributed by atoms with Gasteiger partial charge in [-0.05, 0) is 55.3 Å². The van der Waals surface area contributed by atoms with Crippen LogP contribution in [0.2, 0.25) is 0 Å². The van der Waals surface area contributed by atoms with Crippen LogP contribution in [0.25, 0.3) is 16.3 Å². The van der Waals surface area contributed by atoms with Crippen LogP contribution in [-0.2, 0) is 4.79 Å². The molecule has 5 heteroatoms. The summed E-state index contributed by atoms with van der Waals surface area (Å²) in [4.78, 5) is 19.1. The summed E-state index contributed by atoms with van der Waals surface area (Å²) in [6, 6.07) is 16.1. The smallest absolute Gasteiger partial charge is 0.248 e. The molecule has 1 aliphatic rings. The Labute approximate surface area is 163 Å². The SMILES string of the molecule is O=C(C=Cc1nc2ccccc2s1)Nc1ccc(N2CCCCCC2)cc1. The number of rotatable bonds is 4. The molecule has 0 spiro atoms. The Hall–Kier alpha value is -2.66. The van der Waals surface area contributed by atoms with Gasteiger partial charge in [-0.25, -0.2) is 4.98 Å². The normalized spacial score (nSPS) is 15.2. The minimum Gasteiger partial charge on any atom is -0.372 e. The average Bonchev–Trinajstić information content (AvgIpc) is 2.91. The lowest BCUT2D eigenvalue weighted by Crippen LogP contribution is -2.23. The Morgan fingerprint density at radius 3 is 2.48 bits per heavy atom. The first-order valence-electron chi connectivity index (χ1n) is 9.48. The first-order valence-corrected chi connectivity index (χ1v) is 10.3. The Bertz CT molecular complexity index is 905. The molecule has 1 saturated heterocycles. The van der Waals surface area contributed by atoms with Crippen LogP contribution in [-0.4, -0.2) is 24.0 Å². The number of fused-ring (bicyclic) bond motifs is 1. The number of aromatic nitrogens is 1. The number of carbonyl (C=O) groups is 1. The van der Waals surface area contributed by atoms with E-state index >= 15 is 0 Å². The molecule has 0 saturated carbocycles. The van der Waals surface area contributed by atoms with E-state index in [1.165, 1.54) is 31.4 Å². The molecule has 0 radical (unpaired) electrons. The number of anilines is 2. The van der Waals surface area contributed by atoms with Gasteiger partial charge in [-0.1, -0.05) is 25.0 Å². The molecule has 2 aromatic carbocycles. The van der Waals surface area contributed by atoms with Crippen LogP contribution in [0.1, 0.15) is 30.7 Å². The number of hydrogen-bond donors (Lipinski definition) is 1. The van der Waals surface area contributed by atoms with Gasteiger partial charge in [-0.15, -0.1) is 11.3 Å². The van der Waals surface area contributed by atoms with Crippen molar-refractivity contribution in [2.24, 2.45) is 0 Å². The Balaban J connectivity index is 1.37. The molecule has 0 atom stereocenters. The molecule has 4 rings (SSSR count). The quantitative estimate of drug-likeness (QED) is 0.625. The summed E-state index contributed by atoms with van der Waals surface area (Å²) >= 11 is 1.58. The van der Waals surface area contributed by atoms with Crippen molar-refractivity contribution in [3.05, 3.63) is 59.6 Å². The summed E-state index contributed by atoms with van der Waals surface area (Å²) in [6.07, 6.45) is 8.48. The molecule has 0 aliphatic carbocycles. The number of carbonyl (C=O) groups excluding carboxylic acids is 1. The van der Waals surface area contributed by atoms with Crippen LogP contribution < -0.4 is 10.2 Å². The second-order valence-corrected chi connectivity index (χ2v) is 7.85. The molecule has 3 aromatic rings. The summed E-state index contributed by atoms with van der Waals surface area (Å²) in [5.74, 6) is -0.142. The fourth-order valence-electron chi connectivity index (χ4n) is 3.38. The highest BCUT2D eigenvalue weighted by Gasteiger charge is 2.10. The number of thiazole rings is 1. The van der Waals surface area contributed by atoms with Crippen molar-refractivity contribution in [2.45, 2.75) is 25.7 Å². The van der Waals surface area contributed by atoms with Gasteiger partial charge in [-0.3, -0.25) is 4.79 Å². The number of amides is 1. The van der Waals surface area contributed by atoms with E-state index in [9.17, 15) is 4.79 Å². The van der Waals surface area contributed by atoms with E-state index < -0.39 is 0 Å². The number of nitrogens with zero attached hydrogens (tertiary/aromatic N) is 2. The zero-order valence-electron chi connectivity index (χ0n) is 15.2. The monoisotopic (exact) mass is 377 g/mol. The van der Waals surface area contributed by atoms with E-state index in [1.54, 1.807) is 23.5 Å². The van der Waals surface area contributed by atoms with Crippen molar-refractivity contribution < 1.29 is 4.79 Å². The maximum atomic E-state index is 12.2. The molecule has 1 aliphatic heterocycles. The molecule has 138 valence electrons. The molecule has 1 amide bonds. The molecule has 0 unspecified atom stereocenters. The fraction of sp³-hybridized carbons (Fsp3) is 0.273. The molecule has 1 fully saturated rings. The van der Waals surface area contributed by atoms with E-state index in [4.69, 9.17) is 0 Å². The molecule has 0 bridgehead atoms. The van der Waals surface area contributed by atoms with Crippen molar-refractivity contribution in [1.29, 1.82) is 0 Å². The molecule has 4 nitrogen and oxygen atoms in total. The van der Waals surface area contributed by atoms with Crippen LogP contribution in [0.3, 0.4) is 0 Å². The van der Waals surface area contributed by atoms with E-state index in [1.807, 2.05) is 36.4 Å². The summed E-state index contributed by atoms with van der Waals surface area (Å²) in [6.45, 7) is 2.24. The standard InChI is InChI=1S/C22H23N3OS/c26-21(13-14-22-24-19-7-3-4-8-20(19)27-22)23-17-9-11-18(12-10-17)25-15-5-1-2-6-16-25/h3-4,7-14H,1-2,5-6,15-16H2,(H,23,26). The third-order valence-corrected chi connectivity index (χ3v) is 5.80. The van der Waals surface area contributed by atoms with Crippen molar-refractivity contribution in [3.8, 4) is 0 Å². The molecular formula is C22H23N3OS. The highest BCUT2D eigenvalue weighted by molar-refractivity contribution is 7.19. The summed E-state index contributed by atoms with van der Waals surface area (Å²) in [7, 11) is 0. The van der Waals surface area contributed by atoms with Gasteiger partial charge in [0.1, 0.15) is 5.01 Å². The third kappa shape index (κ3) is 4.55. The van der Waals surface area contributed by atoms with Gasteiger partial charge in [0, 0.05) is 30.5 Å². The highest BCUT2D eigenvalue weighted by atomic mass is 32.1. The van der Waals surface area contributed by atoms with Gasteiger partial charge in [0.2, 0.25) is 5.91 Å². The Kier molecular flexibility index (Phi) is 5.49. The number of hydrogen-bond acceptors (Lipinski definition) is 4. The van der Waals surface area contributed by atoms with Crippen LogP contribution in [0.5, 0.6) is 0 Å². The average molecular weight is 378 g/mol. The van der Waals surface area contributed by atoms with E-state index in [0.717, 1.165) is 34.0 Å². The predicted octanol–water partition coefficient (Wildman–Crippen LogP) is 5.33. The van der Waals surface area contributed by atoms with Crippen molar-refractivity contribution >= 4 is 44.9 Å². The molecule has 1 N–H and O–H groups in total. The molecular weight excluding hydrogens is 354 g/mol. The summed E-state index contributed by atoms with van der Waals surface area (Å²) in [5, 5.41) is 3.76. The zero-order valence-corrected chi connectivity index (χ0v) is 16.0. The predicted molar refractivity (Wildman–Crippen MR) is 114 cm³/mol. The summed E-state index contributed by atoms with van der Waals surface area (Å²) in [5.41, 5.74) is 3.01. The Morgan fingerprint density at radius 2 is 1.74 bits per heavy atom. The first kappa shape index (κ1) is 17.7. The van der Waals surface area contributed by atoms with Gasteiger partial charge in [0.25, 0.3) is 0 Å². The first-order chi connectivity index (χ1) is 13.3. The second kappa shape index (κ2) is 8.35. The number of nitrogens with one attached hydrogen (secondary N) is 1. The topological polar surface area (TPSA) is 45.2 Å². The maximum absolute atomic E-state index is 12.2. The lowest BCUT2D eigenvalue weighted by atomic mass is 10.2. The largest absolute Gasteiger partial charge is 0.372 e.